The SMILES string of the molecule is Nc1cccc(C(=O)NCc2cccc(NC(=O)C3CCC3)c2)c1. The molecule has 0 spiro atoms. The Labute approximate surface area is 141 Å². The van der Waals surface area contributed by atoms with Gasteiger partial charge in [0.15, 0.2) is 0 Å². The standard InChI is InChI=1S/C19H21N3O2/c20-16-8-3-7-15(11-16)18(23)21-12-13-4-1-9-17(10-13)22-19(24)14-5-2-6-14/h1,3-4,7-11,14H,2,5-6,12,20H2,(H,21,23)(H,22,24). The number of nitrogens with two attached hydrogens (primary N) is 1. The van der Waals surface area contributed by atoms with Crippen molar-refractivity contribution in [1.82, 2.24) is 5.32 Å². The van der Waals surface area contributed by atoms with Gasteiger partial charge in [0, 0.05) is 29.4 Å². The number of rotatable bonds is 5. The van der Waals surface area contributed by atoms with E-state index in [1.807, 2.05) is 24.3 Å². The van der Waals surface area contributed by atoms with Crippen LogP contribution >= 0.6 is 0 Å². The number of nitrogen functional groups attached to an aromatic ring is 1. The second kappa shape index (κ2) is 7.17. The maximum Gasteiger partial charge on any atom is 0.251 e. The molecule has 0 unspecified atom stereocenters. The van der Waals surface area contributed by atoms with Crippen molar-refractivity contribution in [3.63, 3.8) is 0 Å². The zero-order valence-corrected chi connectivity index (χ0v) is 13.4. The Bertz CT molecular complexity index is 754. The molecule has 24 heavy (non-hydrogen) atoms. The number of benzene rings is 2. The second-order valence-corrected chi connectivity index (χ2v) is 6.13. The van der Waals surface area contributed by atoms with Gasteiger partial charge < -0.3 is 16.4 Å². The van der Waals surface area contributed by atoms with E-state index in [-0.39, 0.29) is 17.7 Å². The highest BCUT2D eigenvalue weighted by molar-refractivity contribution is 5.95. The van der Waals surface area contributed by atoms with Gasteiger partial charge in [0.05, 0.1) is 0 Å². The van der Waals surface area contributed by atoms with Gasteiger partial charge in [0.25, 0.3) is 5.91 Å². The van der Waals surface area contributed by atoms with Crippen molar-refractivity contribution in [3.05, 3.63) is 59.7 Å². The lowest BCUT2D eigenvalue weighted by molar-refractivity contribution is -0.122. The van der Waals surface area contributed by atoms with E-state index in [0.29, 0.717) is 17.8 Å². The van der Waals surface area contributed by atoms with Gasteiger partial charge in [-0.3, -0.25) is 9.59 Å². The molecule has 124 valence electrons. The minimum atomic E-state index is -0.175. The topological polar surface area (TPSA) is 84.2 Å². The van der Waals surface area contributed by atoms with E-state index in [1.165, 1.54) is 0 Å². The van der Waals surface area contributed by atoms with E-state index in [9.17, 15) is 9.59 Å². The molecule has 0 aliphatic heterocycles. The van der Waals surface area contributed by atoms with Crippen LogP contribution in [-0.4, -0.2) is 11.8 Å². The lowest BCUT2D eigenvalue weighted by Gasteiger charge is -2.24. The molecule has 2 amide bonds. The van der Waals surface area contributed by atoms with Crippen molar-refractivity contribution < 1.29 is 9.59 Å². The average Bonchev–Trinajstić information content (AvgIpc) is 2.51. The van der Waals surface area contributed by atoms with Crippen LogP contribution in [0.4, 0.5) is 11.4 Å². The molecule has 0 radical (unpaired) electrons. The van der Waals surface area contributed by atoms with E-state index in [4.69, 9.17) is 5.73 Å². The Morgan fingerprint density at radius 1 is 1.08 bits per heavy atom. The highest BCUT2D eigenvalue weighted by atomic mass is 16.2. The summed E-state index contributed by atoms with van der Waals surface area (Å²) in [6, 6.07) is 14.4. The van der Waals surface area contributed by atoms with Gasteiger partial charge in [0.1, 0.15) is 0 Å². The van der Waals surface area contributed by atoms with Gasteiger partial charge in [-0.1, -0.05) is 24.6 Å². The Balaban J connectivity index is 1.58. The van der Waals surface area contributed by atoms with Crippen LogP contribution < -0.4 is 16.4 Å². The molecule has 1 aliphatic rings. The summed E-state index contributed by atoms with van der Waals surface area (Å²) in [5.74, 6) is 0.0605. The zero-order valence-electron chi connectivity index (χ0n) is 13.4. The summed E-state index contributed by atoms with van der Waals surface area (Å²) < 4.78 is 0. The highest BCUT2D eigenvalue weighted by Gasteiger charge is 2.25. The molecule has 1 saturated carbocycles. The van der Waals surface area contributed by atoms with Crippen molar-refractivity contribution in [3.8, 4) is 0 Å². The zero-order chi connectivity index (χ0) is 16.9. The molecule has 2 aromatic carbocycles. The maximum atomic E-state index is 12.1. The Morgan fingerprint density at radius 3 is 2.58 bits per heavy atom. The monoisotopic (exact) mass is 323 g/mol. The van der Waals surface area contributed by atoms with Crippen LogP contribution in [0, 0.1) is 5.92 Å². The van der Waals surface area contributed by atoms with Gasteiger partial charge in [-0.05, 0) is 48.7 Å². The minimum Gasteiger partial charge on any atom is -0.399 e. The Hall–Kier alpha value is -2.82. The highest BCUT2D eigenvalue weighted by Crippen LogP contribution is 2.27. The fraction of sp³-hybridized carbons (Fsp3) is 0.263. The maximum absolute atomic E-state index is 12.1. The largest absolute Gasteiger partial charge is 0.399 e. The third-order valence-corrected chi connectivity index (χ3v) is 4.27. The van der Waals surface area contributed by atoms with Crippen LogP contribution in [0.15, 0.2) is 48.5 Å². The number of nitrogens with one attached hydrogen (secondary N) is 2. The van der Waals surface area contributed by atoms with Gasteiger partial charge in [-0.15, -0.1) is 0 Å². The van der Waals surface area contributed by atoms with Crippen molar-refractivity contribution >= 4 is 23.2 Å². The molecule has 0 heterocycles. The summed E-state index contributed by atoms with van der Waals surface area (Å²) in [5.41, 5.74) is 8.48. The first-order chi connectivity index (χ1) is 11.6. The molecular weight excluding hydrogens is 302 g/mol. The van der Waals surface area contributed by atoms with Crippen LogP contribution in [0.25, 0.3) is 0 Å². The normalized spacial score (nSPS) is 13.8. The molecule has 0 saturated heterocycles. The lowest BCUT2D eigenvalue weighted by atomic mass is 9.85. The van der Waals surface area contributed by atoms with E-state index in [2.05, 4.69) is 10.6 Å². The van der Waals surface area contributed by atoms with Crippen LogP contribution in [0.1, 0.15) is 35.2 Å². The Morgan fingerprint density at radius 2 is 1.88 bits per heavy atom. The number of carbonyl (C=O) groups excluding carboxylic acids is 2. The molecule has 5 nitrogen and oxygen atoms in total. The van der Waals surface area contributed by atoms with Crippen molar-refractivity contribution in [1.29, 1.82) is 0 Å². The molecule has 4 N–H and O–H groups in total. The van der Waals surface area contributed by atoms with Crippen LogP contribution in [0.3, 0.4) is 0 Å². The minimum absolute atomic E-state index is 0.0854. The van der Waals surface area contributed by atoms with Crippen LogP contribution in [0.2, 0.25) is 0 Å². The third-order valence-electron chi connectivity index (χ3n) is 4.27. The van der Waals surface area contributed by atoms with Crippen molar-refractivity contribution in [2.75, 3.05) is 11.1 Å². The number of anilines is 2. The van der Waals surface area contributed by atoms with Gasteiger partial charge >= 0.3 is 0 Å². The number of hydrogen-bond donors (Lipinski definition) is 3. The fourth-order valence-electron chi connectivity index (χ4n) is 2.64. The van der Waals surface area contributed by atoms with Crippen molar-refractivity contribution in [2.24, 2.45) is 5.92 Å². The summed E-state index contributed by atoms with van der Waals surface area (Å²) in [5, 5.41) is 5.80. The summed E-state index contributed by atoms with van der Waals surface area (Å²) in [7, 11) is 0. The quantitative estimate of drug-likeness (QED) is 0.740. The van der Waals surface area contributed by atoms with E-state index in [1.54, 1.807) is 24.3 Å². The molecule has 3 rings (SSSR count). The first-order valence-electron chi connectivity index (χ1n) is 8.15. The summed E-state index contributed by atoms with van der Waals surface area (Å²) in [6.07, 6.45) is 3.08. The van der Waals surface area contributed by atoms with Crippen LogP contribution in [-0.2, 0) is 11.3 Å². The van der Waals surface area contributed by atoms with E-state index < -0.39 is 0 Å². The molecule has 0 atom stereocenters. The smallest absolute Gasteiger partial charge is 0.251 e. The van der Waals surface area contributed by atoms with E-state index >= 15 is 0 Å². The molecule has 5 heteroatoms. The number of carbonyl (C=O) groups is 2. The summed E-state index contributed by atoms with van der Waals surface area (Å²) in [6.45, 7) is 0.390. The van der Waals surface area contributed by atoms with Gasteiger partial charge in [-0.25, -0.2) is 0 Å². The predicted octanol–water partition coefficient (Wildman–Crippen LogP) is 2.94. The molecule has 1 fully saturated rings. The summed E-state index contributed by atoms with van der Waals surface area (Å²) in [4.78, 5) is 24.1. The Kier molecular flexibility index (Phi) is 4.79. The fourth-order valence-corrected chi connectivity index (χ4v) is 2.64. The molecule has 2 aromatic rings. The second-order valence-electron chi connectivity index (χ2n) is 6.13. The molecule has 0 bridgehead atoms. The molecule has 0 aromatic heterocycles. The number of hydrogen-bond acceptors (Lipinski definition) is 3. The van der Waals surface area contributed by atoms with Crippen molar-refractivity contribution in [2.45, 2.75) is 25.8 Å². The lowest BCUT2D eigenvalue weighted by Crippen LogP contribution is -2.28. The average molecular weight is 323 g/mol. The number of amides is 2. The first kappa shape index (κ1) is 16.1. The van der Waals surface area contributed by atoms with Crippen LogP contribution in [0.5, 0.6) is 0 Å². The molecular formula is C19H21N3O2. The third kappa shape index (κ3) is 3.93. The summed E-state index contributed by atoms with van der Waals surface area (Å²) >= 11 is 0. The predicted molar refractivity (Wildman–Crippen MR) is 94.4 cm³/mol. The first-order valence-corrected chi connectivity index (χ1v) is 8.15. The van der Waals surface area contributed by atoms with E-state index in [0.717, 1.165) is 30.5 Å². The molecule has 1 aliphatic carbocycles. The van der Waals surface area contributed by atoms with Gasteiger partial charge in [-0.2, -0.15) is 0 Å². The van der Waals surface area contributed by atoms with Gasteiger partial charge in [0.2, 0.25) is 5.91 Å².